The van der Waals surface area contributed by atoms with Gasteiger partial charge < -0.3 is 15.3 Å². The molecule has 0 saturated heterocycles. The van der Waals surface area contributed by atoms with Crippen molar-refractivity contribution in [1.82, 2.24) is 15.3 Å². The molecule has 2 amide bonds. The summed E-state index contributed by atoms with van der Waals surface area (Å²) in [5.41, 5.74) is 1.73. The van der Waals surface area contributed by atoms with E-state index < -0.39 is 12.0 Å². The van der Waals surface area contributed by atoms with Crippen LogP contribution in [0.4, 0.5) is 16.6 Å². The molecule has 0 aliphatic rings. The number of hydrogen-bond acceptors (Lipinski definition) is 5. The zero-order valence-electron chi connectivity index (χ0n) is 13.7. The second-order valence-electron chi connectivity index (χ2n) is 5.40. The van der Waals surface area contributed by atoms with Crippen LogP contribution in [-0.2, 0) is 6.54 Å². The van der Waals surface area contributed by atoms with Gasteiger partial charge in [0.05, 0.1) is 5.56 Å². The molecule has 0 aliphatic carbocycles. The van der Waals surface area contributed by atoms with E-state index in [2.05, 4.69) is 20.6 Å². The summed E-state index contributed by atoms with van der Waals surface area (Å²) in [6.07, 6.45) is 0. The van der Waals surface area contributed by atoms with Gasteiger partial charge in [0.25, 0.3) is 0 Å². The minimum atomic E-state index is -0.986. The lowest BCUT2D eigenvalue weighted by atomic mass is 10.1. The second kappa shape index (κ2) is 7.40. The number of carbonyl (C=O) groups excluding carboxylic acids is 1. The van der Waals surface area contributed by atoms with Crippen LogP contribution in [0.25, 0.3) is 0 Å². The Morgan fingerprint density at radius 1 is 1.17 bits per heavy atom. The van der Waals surface area contributed by atoms with E-state index in [0.29, 0.717) is 5.82 Å². The molecular formula is C16H19N5O3. The third-order valence-electron chi connectivity index (χ3n) is 3.18. The number of benzene rings is 1. The fraction of sp³-hybridized carbons (Fsp3) is 0.250. The van der Waals surface area contributed by atoms with Crippen LogP contribution in [0.2, 0.25) is 0 Å². The topological polar surface area (TPSA) is 107 Å². The Balaban J connectivity index is 1.95. The molecule has 2 aromatic rings. The average molecular weight is 329 g/mol. The van der Waals surface area contributed by atoms with Crippen LogP contribution in [0.1, 0.15) is 21.6 Å². The predicted molar refractivity (Wildman–Crippen MR) is 90.4 cm³/mol. The van der Waals surface area contributed by atoms with Crippen LogP contribution in [0.3, 0.4) is 0 Å². The highest BCUT2D eigenvalue weighted by Crippen LogP contribution is 2.12. The maximum absolute atomic E-state index is 11.9. The highest BCUT2D eigenvalue weighted by Gasteiger charge is 2.08. The van der Waals surface area contributed by atoms with Crippen LogP contribution < -0.4 is 15.5 Å². The number of nitrogens with one attached hydrogen (secondary N) is 2. The standard InChI is InChI=1S/C16H19N5O3/c1-10-8-13(21(2)3)19-15(18-10)20-16(24)17-9-11-4-6-12(7-5-11)14(22)23/h4-8H,9H2,1-3H3,(H,22,23)(H2,17,18,19,20,24). The minimum Gasteiger partial charge on any atom is -0.478 e. The van der Waals surface area contributed by atoms with Gasteiger partial charge in [0.2, 0.25) is 5.95 Å². The van der Waals surface area contributed by atoms with Gasteiger partial charge in [-0.3, -0.25) is 5.32 Å². The molecule has 2 rings (SSSR count). The molecule has 8 nitrogen and oxygen atoms in total. The monoisotopic (exact) mass is 329 g/mol. The summed E-state index contributed by atoms with van der Waals surface area (Å²) in [5, 5.41) is 14.1. The van der Waals surface area contributed by atoms with E-state index in [4.69, 9.17) is 5.11 Å². The van der Waals surface area contributed by atoms with Crippen LogP contribution in [0, 0.1) is 6.92 Å². The summed E-state index contributed by atoms with van der Waals surface area (Å²) >= 11 is 0. The van der Waals surface area contributed by atoms with E-state index in [1.54, 1.807) is 12.1 Å². The average Bonchev–Trinajstić information content (AvgIpc) is 2.52. The molecule has 1 aromatic heterocycles. The van der Waals surface area contributed by atoms with E-state index >= 15 is 0 Å². The van der Waals surface area contributed by atoms with Crippen LogP contribution in [-0.4, -0.2) is 41.2 Å². The van der Waals surface area contributed by atoms with Crippen LogP contribution in [0.5, 0.6) is 0 Å². The molecule has 0 radical (unpaired) electrons. The first-order valence-electron chi connectivity index (χ1n) is 7.25. The molecule has 24 heavy (non-hydrogen) atoms. The summed E-state index contributed by atoms with van der Waals surface area (Å²) < 4.78 is 0. The second-order valence-corrected chi connectivity index (χ2v) is 5.40. The van der Waals surface area contributed by atoms with Gasteiger partial charge in [-0.2, -0.15) is 4.98 Å². The van der Waals surface area contributed by atoms with E-state index in [0.717, 1.165) is 11.3 Å². The smallest absolute Gasteiger partial charge is 0.335 e. The number of hydrogen-bond donors (Lipinski definition) is 3. The Kier molecular flexibility index (Phi) is 5.31. The van der Waals surface area contributed by atoms with Gasteiger partial charge in [-0.25, -0.2) is 14.6 Å². The van der Waals surface area contributed by atoms with E-state index in [1.807, 2.05) is 32.0 Å². The van der Waals surface area contributed by atoms with Crippen molar-refractivity contribution in [3.63, 3.8) is 0 Å². The minimum absolute atomic E-state index is 0.201. The largest absolute Gasteiger partial charge is 0.478 e. The van der Waals surface area contributed by atoms with Crippen molar-refractivity contribution in [3.8, 4) is 0 Å². The molecule has 1 heterocycles. The lowest BCUT2D eigenvalue weighted by Gasteiger charge is -2.13. The third kappa shape index (κ3) is 4.67. The molecule has 0 unspecified atom stereocenters. The predicted octanol–water partition coefficient (Wildman–Crippen LogP) is 1.87. The Hall–Kier alpha value is -3.16. The first-order valence-corrected chi connectivity index (χ1v) is 7.25. The number of urea groups is 1. The summed E-state index contributed by atoms with van der Waals surface area (Å²) in [5.74, 6) is -0.0694. The fourth-order valence-corrected chi connectivity index (χ4v) is 1.93. The molecule has 0 spiro atoms. The van der Waals surface area contributed by atoms with Crippen molar-refractivity contribution >= 4 is 23.8 Å². The molecule has 0 bridgehead atoms. The number of aromatic carboxylic acids is 1. The molecule has 0 saturated carbocycles. The van der Waals surface area contributed by atoms with Gasteiger partial charge in [0.1, 0.15) is 5.82 Å². The molecular weight excluding hydrogens is 310 g/mol. The molecule has 1 aromatic carbocycles. The molecule has 3 N–H and O–H groups in total. The lowest BCUT2D eigenvalue weighted by Crippen LogP contribution is -2.29. The molecule has 8 heteroatoms. The van der Waals surface area contributed by atoms with Crippen molar-refractivity contribution in [3.05, 3.63) is 47.2 Å². The number of aromatic nitrogens is 2. The highest BCUT2D eigenvalue weighted by molar-refractivity contribution is 5.88. The SMILES string of the molecule is Cc1cc(N(C)C)nc(NC(=O)NCc2ccc(C(=O)O)cc2)n1. The number of carboxylic acid groups (broad SMARTS) is 1. The summed E-state index contributed by atoms with van der Waals surface area (Å²) in [4.78, 5) is 33.0. The summed E-state index contributed by atoms with van der Waals surface area (Å²) in [6, 6.07) is 7.66. The number of aryl methyl sites for hydroxylation is 1. The summed E-state index contributed by atoms with van der Waals surface area (Å²) in [6.45, 7) is 2.08. The van der Waals surface area contributed by atoms with Crippen molar-refractivity contribution in [1.29, 1.82) is 0 Å². The van der Waals surface area contributed by atoms with Gasteiger partial charge in [-0.15, -0.1) is 0 Å². The van der Waals surface area contributed by atoms with Crippen molar-refractivity contribution in [2.45, 2.75) is 13.5 Å². The van der Waals surface area contributed by atoms with E-state index in [9.17, 15) is 9.59 Å². The highest BCUT2D eigenvalue weighted by atomic mass is 16.4. The number of carbonyl (C=O) groups is 2. The van der Waals surface area contributed by atoms with Gasteiger partial charge in [0, 0.05) is 32.4 Å². The first-order chi connectivity index (χ1) is 11.3. The van der Waals surface area contributed by atoms with Gasteiger partial charge in [-0.1, -0.05) is 12.1 Å². The summed E-state index contributed by atoms with van der Waals surface area (Å²) in [7, 11) is 3.71. The zero-order valence-corrected chi connectivity index (χ0v) is 13.7. The number of carboxylic acids is 1. The van der Waals surface area contributed by atoms with Crippen LogP contribution >= 0.6 is 0 Å². The molecule has 0 fully saturated rings. The number of amides is 2. The third-order valence-corrected chi connectivity index (χ3v) is 3.18. The Bertz CT molecular complexity index is 744. The van der Waals surface area contributed by atoms with Gasteiger partial charge in [0.15, 0.2) is 0 Å². The van der Waals surface area contributed by atoms with Crippen molar-refractivity contribution < 1.29 is 14.7 Å². The lowest BCUT2D eigenvalue weighted by molar-refractivity contribution is 0.0697. The van der Waals surface area contributed by atoms with Crippen molar-refractivity contribution in [2.75, 3.05) is 24.3 Å². The zero-order chi connectivity index (χ0) is 17.7. The number of nitrogens with zero attached hydrogens (tertiary/aromatic N) is 3. The molecule has 0 aliphatic heterocycles. The maximum atomic E-state index is 11.9. The van der Waals surface area contributed by atoms with Gasteiger partial charge in [-0.05, 0) is 24.6 Å². The molecule has 126 valence electrons. The number of anilines is 2. The number of rotatable bonds is 5. The van der Waals surface area contributed by atoms with E-state index in [1.165, 1.54) is 12.1 Å². The molecule has 0 atom stereocenters. The maximum Gasteiger partial charge on any atom is 0.335 e. The first kappa shape index (κ1) is 17.2. The fourth-order valence-electron chi connectivity index (χ4n) is 1.93. The van der Waals surface area contributed by atoms with Crippen molar-refractivity contribution in [2.24, 2.45) is 0 Å². The van der Waals surface area contributed by atoms with Gasteiger partial charge >= 0.3 is 12.0 Å². The van der Waals surface area contributed by atoms with Crippen LogP contribution in [0.15, 0.2) is 30.3 Å². The Morgan fingerprint density at radius 3 is 2.42 bits per heavy atom. The quantitative estimate of drug-likeness (QED) is 0.773. The Morgan fingerprint density at radius 2 is 1.83 bits per heavy atom. The van der Waals surface area contributed by atoms with E-state index in [-0.39, 0.29) is 18.1 Å². The Labute approximate surface area is 139 Å². The normalized spacial score (nSPS) is 10.1.